The fraction of sp³-hybridized carbons (Fsp3) is 0.105. The molecule has 0 aromatic heterocycles. The van der Waals surface area contributed by atoms with Crippen molar-refractivity contribution in [2.75, 3.05) is 13.7 Å². The Labute approximate surface area is 165 Å². The highest BCUT2D eigenvalue weighted by molar-refractivity contribution is 6.42. The van der Waals surface area contributed by atoms with Gasteiger partial charge in [-0.3, -0.25) is 14.9 Å². The first-order chi connectivity index (χ1) is 12.9. The van der Waals surface area contributed by atoms with E-state index < -0.39 is 24.4 Å². The van der Waals surface area contributed by atoms with Crippen LogP contribution in [-0.2, 0) is 14.3 Å². The van der Waals surface area contributed by atoms with Crippen LogP contribution in [0, 0.1) is 0 Å². The van der Waals surface area contributed by atoms with Gasteiger partial charge in [-0.15, -0.1) is 0 Å². The number of benzene rings is 2. The van der Waals surface area contributed by atoms with E-state index in [1.165, 1.54) is 19.3 Å². The number of methoxy groups -OCH3 is 1. The summed E-state index contributed by atoms with van der Waals surface area (Å²) in [4.78, 5) is 35.5. The summed E-state index contributed by atoms with van der Waals surface area (Å²) >= 11 is 11.7. The Bertz CT molecular complexity index is 895. The number of hydrogen-bond donors (Lipinski definition) is 1. The lowest BCUT2D eigenvalue weighted by atomic mass is 10.2. The maximum atomic E-state index is 12.1. The van der Waals surface area contributed by atoms with E-state index in [2.05, 4.69) is 5.32 Å². The summed E-state index contributed by atoms with van der Waals surface area (Å²) in [5.41, 5.74) is 0.830. The fourth-order valence-corrected chi connectivity index (χ4v) is 2.33. The van der Waals surface area contributed by atoms with Gasteiger partial charge in [0.05, 0.1) is 22.7 Å². The molecule has 2 aromatic carbocycles. The largest absolute Gasteiger partial charge is 0.496 e. The average molecular weight is 408 g/mol. The van der Waals surface area contributed by atoms with Gasteiger partial charge in [-0.1, -0.05) is 41.4 Å². The molecule has 6 nitrogen and oxygen atoms in total. The minimum absolute atomic E-state index is 0.194. The molecule has 0 radical (unpaired) electrons. The van der Waals surface area contributed by atoms with Gasteiger partial charge in [-0.05, 0) is 35.9 Å². The molecule has 0 unspecified atom stereocenters. The number of carbonyl (C=O) groups is 3. The van der Waals surface area contributed by atoms with Crippen molar-refractivity contribution in [3.05, 3.63) is 69.7 Å². The molecule has 0 aliphatic heterocycles. The van der Waals surface area contributed by atoms with Gasteiger partial charge in [0.15, 0.2) is 6.61 Å². The van der Waals surface area contributed by atoms with Gasteiger partial charge in [-0.25, -0.2) is 4.79 Å². The summed E-state index contributed by atoms with van der Waals surface area (Å²) in [5.74, 6) is -1.84. The first kappa shape index (κ1) is 20.5. The normalized spacial score (nSPS) is 10.5. The molecular weight excluding hydrogens is 393 g/mol. The Hall–Kier alpha value is -2.83. The van der Waals surface area contributed by atoms with Crippen molar-refractivity contribution < 1.29 is 23.9 Å². The molecule has 140 valence electrons. The second-order valence-corrected chi connectivity index (χ2v) is 6.01. The maximum Gasteiger partial charge on any atom is 0.331 e. The van der Waals surface area contributed by atoms with E-state index in [0.717, 1.165) is 6.08 Å². The molecule has 2 rings (SSSR count). The Balaban J connectivity index is 1.85. The van der Waals surface area contributed by atoms with E-state index in [1.54, 1.807) is 36.4 Å². The highest BCUT2D eigenvalue weighted by Gasteiger charge is 2.15. The third-order valence-corrected chi connectivity index (χ3v) is 4.04. The fourth-order valence-electron chi connectivity index (χ4n) is 2.03. The molecule has 0 fully saturated rings. The third kappa shape index (κ3) is 6.13. The van der Waals surface area contributed by atoms with Crippen LogP contribution in [0.15, 0.2) is 48.5 Å². The van der Waals surface area contributed by atoms with Gasteiger partial charge in [0.25, 0.3) is 11.8 Å². The van der Waals surface area contributed by atoms with Crippen LogP contribution in [-0.4, -0.2) is 31.5 Å². The van der Waals surface area contributed by atoms with Crippen molar-refractivity contribution >= 4 is 47.1 Å². The minimum atomic E-state index is -0.762. The molecule has 0 aliphatic rings. The standard InChI is InChI=1S/C19H15Cl2NO5/c1-26-16-5-3-2-4-13(16)19(25)22-17(23)11-27-18(24)9-7-12-6-8-14(20)15(21)10-12/h2-10H,11H2,1H3,(H,22,23,25)/b9-7+. The van der Waals surface area contributed by atoms with Gasteiger partial charge < -0.3 is 9.47 Å². The number of nitrogens with one attached hydrogen (secondary N) is 1. The minimum Gasteiger partial charge on any atom is -0.496 e. The van der Waals surface area contributed by atoms with Crippen molar-refractivity contribution in [1.82, 2.24) is 5.32 Å². The van der Waals surface area contributed by atoms with Gasteiger partial charge in [0.2, 0.25) is 0 Å². The SMILES string of the molecule is COc1ccccc1C(=O)NC(=O)COC(=O)/C=C/c1ccc(Cl)c(Cl)c1. The first-order valence-corrected chi connectivity index (χ1v) is 8.43. The molecule has 1 N–H and O–H groups in total. The number of halogens is 2. The molecule has 0 atom stereocenters. The number of esters is 1. The average Bonchev–Trinajstić information content (AvgIpc) is 2.67. The highest BCUT2D eigenvalue weighted by Crippen LogP contribution is 2.23. The van der Waals surface area contributed by atoms with E-state index in [1.807, 2.05) is 0 Å². The zero-order chi connectivity index (χ0) is 19.8. The van der Waals surface area contributed by atoms with Crippen LogP contribution in [0.5, 0.6) is 5.75 Å². The molecular formula is C19H15Cl2NO5. The van der Waals surface area contributed by atoms with E-state index in [9.17, 15) is 14.4 Å². The summed E-state index contributed by atoms with van der Waals surface area (Å²) in [7, 11) is 1.41. The van der Waals surface area contributed by atoms with Gasteiger partial charge in [0.1, 0.15) is 5.75 Å². The Morgan fingerprint density at radius 3 is 2.52 bits per heavy atom. The second-order valence-electron chi connectivity index (χ2n) is 5.19. The van der Waals surface area contributed by atoms with Crippen molar-refractivity contribution in [3.8, 4) is 5.75 Å². The summed E-state index contributed by atoms with van der Waals surface area (Å²) in [6, 6.07) is 11.3. The quantitative estimate of drug-likeness (QED) is 0.585. The number of amides is 2. The number of carbonyl (C=O) groups excluding carboxylic acids is 3. The highest BCUT2D eigenvalue weighted by atomic mass is 35.5. The summed E-state index contributed by atoms with van der Waals surface area (Å²) in [5, 5.41) is 2.87. The van der Waals surface area contributed by atoms with Crippen LogP contribution < -0.4 is 10.1 Å². The molecule has 27 heavy (non-hydrogen) atoms. The van der Waals surface area contributed by atoms with Crippen molar-refractivity contribution in [2.24, 2.45) is 0 Å². The zero-order valence-corrected chi connectivity index (χ0v) is 15.7. The van der Waals surface area contributed by atoms with Gasteiger partial charge >= 0.3 is 5.97 Å². The molecule has 0 heterocycles. The Morgan fingerprint density at radius 1 is 1.07 bits per heavy atom. The zero-order valence-electron chi connectivity index (χ0n) is 14.2. The van der Waals surface area contributed by atoms with E-state index in [0.29, 0.717) is 21.4 Å². The van der Waals surface area contributed by atoms with Crippen LogP contribution in [0.2, 0.25) is 10.0 Å². The van der Waals surface area contributed by atoms with E-state index >= 15 is 0 Å². The summed E-state index contributed by atoms with van der Waals surface area (Å²) in [6.07, 6.45) is 2.59. The number of para-hydroxylation sites is 1. The lowest BCUT2D eigenvalue weighted by molar-refractivity contribution is -0.143. The maximum absolute atomic E-state index is 12.1. The van der Waals surface area contributed by atoms with Crippen molar-refractivity contribution in [3.63, 3.8) is 0 Å². The number of ether oxygens (including phenoxy) is 2. The molecule has 8 heteroatoms. The van der Waals surface area contributed by atoms with Crippen LogP contribution in [0.3, 0.4) is 0 Å². The van der Waals surface area contributed by atoms with Crippen LogP contribution >= 0.6 is 23.2 Å². The molecule has 0 bridgehead atoms. The summed E-state index contributed by atoms with van der Waals surface area (Å²) in [6.45, 7) is -0.606. The lowest BCUT2D eigenvalue weighted by Crippen LogP contribution is -2.34. The third-order valence-electron chi connectivity index (χ3n) is 3.31. The molecule has 0 spiro atoms. The topological polar surface area (TPSA) is 81.7 Å². The van der Waals surface area contributed by atoms with Crippen LogP contribution in [0.1, 0.15) is 15.9 Å². The van der Waals surface area contributed by atoms with E-state index in [4.69, 9.17) is 32.7 Å². The predicted molar refractivity (Wildman–Crippen MR) is 102 cm³/mol. The van der Waals surface area contributed by atoms with E-state index in [-0.39, 0.29) is 5.56 Å². The second kappa shape index (κ2) is 9.75. The first-order valence-electron chi connectivity index (χ1n) is 7.68. The van der Waals surface area contributed by atoms with Crippen molar-refractivity contribution in [2.45, 2.75) is 0 Å². The molecule has 2 aromatic rings. The van der Waals surface area contributed by atoms with Crippen LogP contribution in [0.4, 0.5) is 0 Å². The molecule has 0 aliphatic carbocycles. The Kier molecular flexibility index (Phi) is 7.40. The van der Waals surface area contributed by atoms with Crippen molar-refractivity contribution in [1.29, 1.82) is 0 Å². The molecule has 0 saturated heterocycles. The predicted octanol–water partition coefficient (Wildman–Crippen LogP) is 3.52. The number of hydrogen-bond acceptors (Lipinski definition) is 5. The van der Waals surface area contributed by atoms with Gasteiger partial charge in [-0.2, -0.15) is 0 Å². The monoisotopic (exact) mass is 407 g/mol. The van der Waals surface area contributed by atoms with Crippen LogP contribution in [0.25, 0.3) is 6.08 Å². The summed E-state index contributed by atoms with van der Waals surface area (Å²) < 4.78 is 9.84. The molecule has 2 amide bonds. The smallest absolute Gasteiger partial charge is 0.331 e. The Morgan fingerprint density at radius 2 is 1.81 bits per heavy atom. The number of rotatable bonds is 6. The molecule has 0 saturated carbocycles. The lowest BCUT2D eigenvalue weighted by Gasteiger charge is -2.08. The number of imide groups is 1. The van der Waals surface area contributed by atoms with Gasteiger partial charge in [0, 0.05) is 6.08 Å².